The Balaban J connectivity index is 1.92. The number of unbranched alkanes of at least 4 members (excludes halogenated alkanes) is 2. The molecule has 0 bridgehead atoms. The lowest BCUT2D eigenvalue weighted by molar-refractivity contribution is -0.384. The Bertz CT molecular complexity index is 1120. The van der Waals surface area contributed by atoms with Gasteiger partial charge in [-0.15, -0.1) is 0 Å². The average Bonchev–Trinajstić information content (AvgIpc) is 3.15. The van der Waals surface area contributed by atoms with Crippen LogP contribution in [0.2, 0.25) is 5.02 Å². The van der Waals surface area contributed by atoms with Crippen LogP contribution >= 0.6 is 11.6 Å². The van der Waals surface area contributed by atoms with Crippen molar-refractivity contribution in [3.05, 3.63) is 80.4 Å². The van der Waals surface area contributed by atoms with Gasteiger partial charge in [0.2, 0.25) is 0 Å². The van der Waals surface area contributed by atoms with Crippen molar-refractivity contribution >= 4 is 34.7 Å². The molecule has 198 valence electrons. The summed E-state index contributed by atoms with van der Waals surface area (Å²) in [7, 11) is 0. The van der Waals surface area contributed by atoms with Crippen molar-refractivity contribution in [1.82, 2.24) is 9.80 Å². The fourth-order valence-electron chi connectivity index (χ4n) is 4.56. The quantitative estimate of drug-likeness (QED) is 0.113. The highest BCUT2D eigenvalue weighted by atomic mass is 35.5. The number of aliphatic hydroxyl groups excluding tert-OH is 1. The topological polar surface area (TPSA) is 104 Å². The van der Waals surface area contributed by atoms with E-state index in [0.29, 0.717) is 23.6 Å². The number of nitrogens with zero attached hydrogens (tertiary/aromatic N) is 3. The zero-order chi connectivity index (χ0) is 26.9. The summed E-state index contributed by atoms with van der Waals surface area (Å²) in [5, 5.41) is 22.7. The normalized spacial score (nSPS) is 17.1. The van der Waals surface area contributed by atoms with Gasteiger partial charge in [0.15, 0.2) is 0 Å². The summed E-state index contributed by atoms with van der Waals surface area (Å²) in [4.78, 5) is 40.7. The van der Waals surface area contributed by atoms with Crippen molar-refractivity contribution < 1.29 is 19.6 Å². The largest absolute Gasteiger partial charge is 0.507 e. The van der Waals surface area contributed by atoms with Crippen molar-refractivity contribution in [3.8, 4) is 0 Å². The third kappa shape index (κ3) is 6.96. The van der Waals surface area contributed by atoms with Crippen LogP contribution in [0.1, 0.15) is 63.1 Å². The third-order valence-corrected chi connectivity index (χ3v) is 6.86. The molecule has 1 aliphatic heterocycles. The van der Waals surface area contributed by atoms with E-state index in [1.165, 1.54) is 29.2 Å². The molecule has 9 heteroatoms. The number of benzene rings is 2. The Morgan fingerprint density at radius 2 is 1.54 bits per heavy atom. The molecular formula is C28H34ClN3O5. The van der Waals surface area contributed by atoms with Crippen LogP contribution in [0.3, 0.4) is 0 Å². The van der Waals surface area contributed by atoms with Gasteiger partial charge in [-0.1, -0.05) is 50.4 Å². The average molecular weight is 528 g/mol. The summed E-state index contributed by atoms with van der Waals surface area (Å²) in [6.45, 7) is 7.47. The van der Waals surface area contributed by atoms with Gasteiger partial charge in [-0.25, -0.2) is 0 Å². The van der Waals surface area contributed by atoms with Crippen LogP contribution in [-0.2, 0) is 9.59 Å². The van der Waals surface area contributed by atoms with E-state index in [9.17, 15) is 24.8 Å². The first-order valence-electron chi connectivity index (χ1n) is 12.8. The second kappa shape index (κ2) is 13.4. The second-order valence-corrected chi connectivity index (χ2v) is 9.69. The molecule has 1 aliphatic rings. The van der Waals surface area contributed by atoms with Crippen LogP contribution in [0.4, 0.5) is 5.69 Å². The number of non-ortho nitro benzene ring substituents is 1. The van der Waals surface area contributed by atoms with Gasteiger partial charge in [0, 0.05) is 29.3 Å². The molecule has 1 amide bonds. The van der Waals surface area contributed by atoms with Crippen LogP contribution in [0.5, 0.6) is 0 Å². The minimum absolute atomic E-state index is 0.0324. The number of halogens is 1. The molecule has 37 heavy (non-hydrogen) atoms. The second-order valence-electron chi connectivity index (χ2n) is 9.25. The number of amides is 1. The summed E-state index contributed by atoms with van der Waals surface area (Å²) in [5.41, 5.74) is 0.714. The molecule has 1 unspecified atom stereocenters. The fraction of sp³-hybridized carbons (Fsp3) is 0.429. The lowest BCUT2D eigenvalue weighted by Crippen LogP contribution is -2.34. The lowest BCUT2D eigenvalue weighted by atomic mass is 9.95. The van der Waals surface area contributed by atoms with Crippen molar-refractivity contribution in [2.75, 3.05) is 26.2 Å². The maximum Gasteiger partial charge on any atom is 0.295 e. The van der Waals surface area contributed by atoms with E-state index in [-0.39, 0.29) is 22.6 Å². The van der Waals surface area contributed by atoms with E-state index in [1.54, 1.807) is 24.3 Å². The van der Waals surface area contributed by atoms with E-state index < -0.39 is 22.7 Å². The first-order chi connectivity index (χ1) is 17.8. The number of Topliss-reactive ketones (excluding diaryl/α,β-unsaturated/α-hetero) is 1. The molecule has 0 aromatic heterocycles. The van der Waals surface area contributed by atoms with Gasteiger partial charge in [-0.3, -0.25) is 19.7 Å². The zero-order valence-corrected chi connectivity index (χ0v) is 22.1. The Morgan fingerprint density at radius 1 is 0.973 bits per heavy atom. The van der Waals surface area contributed by atoms with Crippen molar-refractivity contribution in [3.63, 3.8) is 0 Å². The lowest BCUT2D eigenvalue weighted by Gasteiger charge is -2.27. The number of aliphatic hydroxyl groups is 1. The van der Waals surface area contributed by atoms with Gasteiger partial charge in [-0.2, -0.15) is 0 Å². The minimum atomic E-state index is -0.785. The number of carbonyl (C=O) groups excluding carboxylic acids is 2. The Hall–Kier alpha value is -3.23. The third-order valence-electron chi connectivity index (χ3n) is 6.61. The highest BCUT2D eigenvalue weighted by Crippen LogP contribution is 2.40. The molecule has 3 rings (SSSR count). The molecule has 1 saturated heterocycles. The van der Waals surface area contributed by atoms with Crippen molar-refractivity contribution in [2.24, 2.45) is 0 Å². The fourth-order valence-corrected chi connectivity index (χ4v) is 4.69. The van der Waals surface area contributed by atoms with Crippen molar-refractivity contribution in [1.29, 1.82) is 0 Å². The molecule has 8 nitrogen and oxygen atoms in total. The molecule has 1 heterocycles. The number of ketones is 1. The van der Waals surface area contributed by atoms with Gasteiger partial charge >= 0.3 is 0 Å². The van der Waals surface area contributed by atoms with Gasteiger partial charge < -0.3 is 14.9 Å². The molecule has 0 radical (unpaired) electrons. The van der Waals surface area contributed by atoms with Crippen LogP contribution in [-0.4, -0.2) is 57.7 Å². The van der Waals surface area contributed by atoms with Gasteiger partial charge in [0.1, 0.15) is 5.76 Å². The Morgan fingerprint density at radius 3 is 2.08 bits per heavy atom. The Kier molecular flexibility index (Phi) is 10.2. The van der Waals surface area contributed by atoms with Gasteiger partial charge in [0.25, 0.3) is 17.4 Å². The molecule has 1 fully saturated rings. The van der Waals surface area contributed by atoms with Crippen LogP contribution in [0, 0.1) is 10.1 Å². The zero-order valence-electron chi connectivity index (χ0n) is 21.4. The molecular weight excluding hydrogens is 494 g/mol. The first-order valence-corrected chi connectivity index (χ1v) is 13.2. The molecule has 1 atom stereocenters. The van der Waals surface area contributed by atoms with E-state index in [1.807, 2.05) is 0 Å². The number of carbonyl (C=O) groups is 2. The highest BCUT2D eigenvalue weighted by Gasteiger charge is 2.45. The summed E-state index contributed by atoms with van der Waals surface area (Å²) in [6.07, 6.45) is 5.11. The van der Waals surface area contributed by atoms with Crippen LogP contribution in [0.25, 0.3) is 5.76 Å². The minimum Gasteiger partial charge on any atom is -0.507 e. The molecule has 0 spiro atoms. The molecule has 2 aromatic carbocycles. The number of hydrogen-bond acceptors (Lipinski definition) is 6. The van der Waals surface area contributed by atoms with E-state index in [4.69, 9.17) is 11.6 Å². The number of likely N-dealkylation sites (tertiary alicyclic amines) is 1. The smallest absolute Gasteiger partial charge is 0.295 e. The summed E-state index contributed by atoms with van der Waals surface area (Å²) >= 11 is 6.08. The number of nitro groups is 1. The number of nitro benzene ring substituents is 1. The number of rotatable bonds is 13. The van der Waals surface area contributed by atoms with Gasteiger partial charge in [-0.05, 0) is 68.7 Å². The molecule has 0 saturated carbocycles. The summed E-state index contributed by atoms with van der Waals surface area (Å²) in [6, 6.07) is 11.3. The number of hydrogen-bond donors (Lipinski definition) is 1. The maximum absolute atomic E-state index is 13.2. The predicted octanol–water partition coefficient (Wildman–Crippen LogP) is 5.96. The van der Waals surface area contributed by atoms with E-state index in [0.717, 1.165) is 45.3 Å². The summed E-state index contributed by atoms with van der Waals surface area (Å²) in [5.74, 6) is -1.80. The standard InChI is InChI=1S/C28H34ClN3O5/c1-3-5-16-30(17-6-4-2)18-7-19-31-25(20-8-12-22(29)13-9-20)24(27(34)28(31)35)26(33)21-10-14-23(15-11-21)32(36)37/h8-15,25,33H,3-7,16-19H2,1-2H3/b26-24-. The monoisotopic (exact) mass is 527 g/mol. The highest BCUT2D eigenvalue weighted by molar-refractivity contribution is 6.46. The van der Waals surface area contributed by atoms with E-state index >= 15 is 0 Å². The Labute approximate surface area is 222 Å². The van der Waals surface area contributed by atoms with Crippen LogP contribution in [0.15, 0.2) is 54.1 Å². The first kappa shape index (κ1) is 28.3. The van der Waals surface area contributed by atoms with E-state index in [2.05, 4.69) is 18.7 Å². The molecule has 1 N–H and O–H groups in total. The predicted molar refractivity (Wildman–Crippen MR) is 144 cm³/mol. The maximum atomic E-state index is 13.2. The molecule has 2 aromatic rings. The van der Waals surface area contributed by atoms with Crippen molar-refractivity contribution in [2.45, 2.75) is 52.0 Å². The summed E-state index contributed by atoms with van der Waals surface area (Å²) < 4.78 is 0. The molecule has 0 aliphatic carbocycles. The van der Waals surface area contributed by atoms with Crippen LogP contribution < -0.4 is 0 Å². The SMILES string of the molecule is CCCCN(CCCC)CCCN1C(=O)C(=O)/C(=C(\O)c2ccc([N+](=O)[O-])cc2)C1c1ccc(Cl)cc1. The van der Waals surface area contributed by atoms with Gasteiger partial charge in [0.05, 0.1) is 16.5 Å².